The van der Waals surface area contributed by atoms with E-state index in [1.807, 2.05) is 0 Å². The fourth-order valence-electron chi connectivity index (χ4n) is 3.91. The molecule has 0 saturated carbocycles. The molecule has 0 N–H and O–H groups in total. The molecular weight excluding hydrogens is 370 g/mol. The second kappa shape index (κ2) is 11.0. The van der Waals surface area contributed by atoms with Crippen LogP contribution in [0.3, 0.4) is 0 Å². The topological polar surface area (TPSA) is 21.7 Å². The number of hydrogen-bond donors (Lipinski definition) is 0. The first-order valence-electron chi connectivity index (χ1n) is 11.2. The lowest BCUT2D eigenvalue weighted by atomic mass is 9.89. The van der Waals surface area contributed by atoms with E-state index in [-0.39, 0.29) is 0 Å². The zero-order valence-corrected chi connectivity index (χ0v) is 18.9. The minimum absolute atomic E-state index is 0.713. The number of rotatable bonds is 10. The molecule has 1 aliphatic carbocycles. The molecule has 0 heterocycles. The van der Waals surface area contributed by atoms with E-state index in [0.29, 0.717) is 6.61 Å². The Morgan fingerprint density at radius 1 is 0.833 bits per heavy atom. The minimum atomic E-state index is 0.713. The Morgan fingerprint density at radius 3 is 2.10 bits per heavy atom. The van der Waals surface area contributed by atoms with E-state index in [2.05, 4.69) is 80.3 Å². The second-order valence-corrected chi connectivity index (χ2v) is 7.66. The van der Waals surface area contributed by atoms with Crippen molar-refractivity contribution in [1.82, 2.24) is 4.90 Å². The maximum Gasteiger partial charge on any atom is 0.119 e. The van der Waals surface area contributed by atoms with Crippen molar-refractivity contribution in [1.29, 1.82) is 0 Å². The average Bonchev–Trinajstić information content (AvgIpc) is 2.82. The van der Waals surface area contributed by atoms with Crippen LogP contribution in [0.15, 0.2) is 60.4 Å². The van der Waals surface area contributed by atoms with Crippen molar-refractivity contribution in [2.75, 3.05) is 33.4 Å². The number of allylic oxidation sites excluding steroid dienone is 4. The molecule has 3 nitrogen and oxygen atoms in total. The summed E-state index contributed by atoms with van der Waals surface area (Å²) in [6, 6.07) is 17.4. The summed E-state index contributed by atoms with van der Waals surface area (Å²) in [6.07, 6.45) is 5.29. The fourth-order valence-corrected chi connectivity index (χ4v) is 3.91. The third kappa shape index (κ3) is 5.54. The molecule has 3 rings (SSSR count). The number of aryl methyl sites for hydroxylation is 1. The van der Waals surface area contributed by atoms with Crippen molar-refractivity contribution in [3.63, 3.8) is 0 Å². The van der Waals surface area contributed by atoms with Gasteiger partial charge in [0.2, 0.25) is 0 Å². The van der Waals surface area contributed by atoms with Crippen molar-refractivity contribution < 1.29 is 9.47 Å². The first-order chi connectivity index (χ1) is 14.7. The molecular formula is C27H35NO2. The molecule has 0 unspecified atom stereocenters. The number of methoxy groups -OCH3 is 1. The lowest BCUT2D eigenvalue weighted by Crippen LogP contribution is -2.27. The quantitative estimate of drug-likeness (QED) is 0.469. The van der Waals surface area contributed by atoms with Gasteiger partial charge in [0, 0.05) is 18.5 Å². The second-order valence-electron chi connectivity index (χ2n) is 7.66. The maximum atomic E-state index is 5.94. The summed E-state index contributed by atoms with van der Waals surface area (Å²) < 4.78 is 11.7. The van der Waals surface area contributed by atoms with Gasteiger partial charge >= 0.3 is 0 Å². The molecule has 2 aromatic carbocycles. The van der Waals surface area contributed by atoms with Crippen LogP contribution in [0.5, 0.6) is 5.75 Å². The third-order valence-corrected chi connectivity index (χ3v) is 5.96. The normalized spacial score (nSPS) is 14.1. The smallest absolute Gasteiger partial charge is 0.119 e. The van der Waals surface area contributed by atoms with E-state index < -0.39 is 0 Å². The summed E-state index contributed by atoms with van der Waals surface area (Å²) in [4.78, 5) is 2.37. The largest absolute Gasteiger partial charge is 0.500 e. The van der Waals surface area contributed by atoms with Crippen LogP contribution in [0, 0.1) is 0 Å². The number of ether oxygens (including phenoxy) is 2. The van der Waals surface area contributed by atoms with Gasteiger partial charge in [0.25, 0.3) is 0 Å². The zero-order valence-electron chi connectivity index (χ0n) is 18.9. The molecule has 0 bridgehead atoms. The van der Waals surface area contributed by atoms with Gasteiger partial charge < -0.3 is 14.4 Å². The lowest BCUT2D eigenvalue weighted by Gasteiger charge is -2.21. The first-order valence-corrected chi connectivity index (χ1v) is 11.2. The van der Waals surface area contributed by atoms with Crippen LogP contribution in [0.25, 0.3) is 11.1 Å². The van der Waals surface area contributed by atoms with Gasteiger partial charge in [-0.25, -0.2) is 0 Å². The van der Waals surface area contributed by atoms with E-state index in [0.717, 1.165) is 50.4 Å². The Labute approximate surface area is 182 Å². The monoisotopic (exact) mass is 405 g/mol. The Hall–Kier alpha value is -2.52. The number of hydrogen-bond acceptors (Lipinski definition) is 3. The molecule has 0 spiro atoms. The van der Waals surface area contributed by atoms with Crippen LogP contribution >= 0.6 is 0 Å². The van der Waals surface area contributed by atoms with Gasteiger partial charge in [-0.1, -0.05) is 57.2 Å². The van der Waals surface area contributed by atoms with E-state index in [9.17, 15) is 0 Å². The predicted molar refractivity (Wildman–Crippen MR) is 127 cm³/mol. The van der Waals surface area contributed by atoms with Crippen molar-refractivity contribution >= 4 is 11.1 Å². The van der Waals surface area contributed by atoms with Gasteiger partial charge in [-0.05, 0) is 66.4 Å². The minimum Gasteiger partial charge on any atom is -0.500 e. The van der Waals surface area contributed by atoms with Crippen molar-refractivity contribution in [2.24, 2.45) is 0 Å². The molecule has 0 fully saturated rings. The fraction of sp³-hybridized carbons (Fsp3) is 0.407. The van der Waals surface area contributed by atoms with Gasteiger partial charge in [-0.2, -0.15) is 0 Å². The number of likely N-dealkylation sites (N-methyl/N-ethyl adjacent to an activating group) is 1. The summed E-state index contributed by atoms with van der Waals surface area (Å²) in [5, 5.41) is 0. The van der Waals surface area contributed by atoms with Crippen LogP contribution in [0.2, 0.25) is 0 Å². The molecule has 0 saturated heterocycles. The Kier molecular flexibility index (Phi) is 8.15. The van der Waals surface area contributed by atoms with Gasteiger partial charge in [0.1, 0.15) is 18.1 Å². The van der Waals surface area contributed by atoms with Crippen LogP contribution in [0.1, 0.15) is 50.3 Å². The van der Waals surface area contributed by atoms with E-state index in [1.54, 1.807) is 7.11 Å². The molecule has 2 aromatic rings. The molecule has 0 atom stereocenters. The highest BCUT2D eigenvalue weighted by molar-refractivity contribution is 5.87. The number of benzene rings is 2. The van der Waals surface area contributed by atoms with Crippen molar-refractivity contribution in [2.45, 2.75) is 40.0 Å². The third-order valence-electron chi connectivity index (χ3n) is 5.96. The highest BCUT2D eigenvalue weighted by atomic mass is 16.5. The Morgan fingerprint density at radius 2 is 1.50 bits per heavy atom. The van der Waals surface area contributed by atoms with Gasteiger partial charge in [0.15, 0.2) is 0 Å². The molecule has 30 heavy (non-hydrogen) atoms. The summed E-state index contributed by atoms with van der Waals surface area (Å²) >= 11 is 0. The summed E-state index contributed by atoms with van der Waals surface area (Å²) in [5.74, 6) is 1.97. The molecule has 0 radical (unpaired) electrons. The molecule has 0 aliphatic heterocycles. The highest BCUT2D eigenvalue weighted by Crippen LogP contribution is 2.36. The first kappa shape index (κ1) is 22.2. The molecule has 160 valence electrons. The van der Waals surface area contributed by atoms with E-state index in [1.165, 1.54) is 27.8 Å². The molecule has 3 heteroatoms. The Bertz CT molecular complexity index is 859. The maximum absolute atomic E-state index is 5.94. The molecule has 1 aliphatic rings. The summed E-state index contributed by atoms with van der Waals surface area (Å²) in [6.45, 7) is 10.3. The van der Waals surface area contributed by atoms with Gasteiger partial charge in [0.05, 0.1) is 7.11 Å². The SMILES string of the molecule is CCc1ccc(C2=CC(c3ccc(OCCN(CC)CC)cc3)=C(OC)CC2)cc1. The van der Waals surface area contributed by atoms with Crippen molar-refractivity contribution in [3.05, 3.63) is 77.1 Å². The van der Waals surface area contributed by atoms with Crippen molar-refractivity contribution in [3.8, 4) is 5.75 Å². The Balaban J connectivity index is 1.74. The standard InChI is InChI=1S/C27H35NO2/c1-5-21-8-10-22(11-9-21)24-14-17-27(29-4)26(20-24)23-12-15-25(16-13-23)30-19-18-28(6-2)7-3/h8-13,15-16,20H,5-7,14,17-19H2,1-4H3. The van der Waals surface area contributed by atoms with Crippen LogP contribution in [-0.4, -0.2) is 38.3 Å². The van der Waals surface area contributed by atoms with Crippen LogP contribution in [-0.2, 0) is 11.2 Å². The summed E-state index contributed by atoms with van der Waals surface area (Å²) in [5.41, 5.74) is 6.39. The van der Waals surface area contributed by atoms with E-state index >= 15 is 0 Å². The van der Waals surface area contributed by atoms with Crippen LogP contribution in [0.4, 0.5) is 0 Å². The van der Waals surface area contributed by atoms with Crippen LogP contribution < -0.4 is 4.74 Å². The zero-order chi connectivity index (χ0) is 21.3. The van der Waals surface area contributed by atoms with E-state index in [4.69, 9.17) is 9.47 Å². The van der Waals surface area contributed by atoms with Gasteiger partial charge in [-0.15, -0.1) is 0 Å². The predicted octanol–water partition coefficient (Wildman–Crippen LogP) is 6.20. The van der Waals surface area contributed by atoms with Gasteiger partial charge in [-0.3, -0.25) is 0 Å². The molecule has 0 aromatic heterocycles. The lowest BCUT2D eigenvalue weighted by molar-refractivity contribution is 0.223. The molecule has 0 amide bonds. The average molecular weight is 406 g/mol. The summed E-state index contributed by atoms with van der Waals surface area (Å²) in [7, 11) is 1.77. The number of nitrogens with zero attached hydrogens (tertiary/aromatic N) is 1. The highest BCUT2D eigenvalue weighted by Gasteiger charge is 2.17.